The number of aryl methyl sites for hydroxylation is 1. The largest absolute Gasteiger partial charge is 0.440 e. The first-order valence-electron chi connectivity index (χ1n) is 7.98. The van der Waals surface area contributed by atoms with Gasteiger partial charge in [-0.1, -0.05) is 6.07 Å². The van der Waals surface area contributed by atoms with Gasteiger partial charge < -0.3 is 9.32 Å². The van der Waals surface area contributed by atoms with E-state index in [-0.39, 0.29) is 11.8 Å². The molecular formula is C17H23N3O2S. The van der Waals surface area contributed by atoms with E-state index in [2.05, 4.69) is 9.88 Å². The van der Waals surface area contributed by atoms with Crippen LogP contribution >= 0.6 is 11.3 Å². The summed E-state index contributed by atoms with van der Waals surface area (Å²) in [6.45, 7) is 4.64. The smallest absolute Gasteiger partial charge is 0.236 e. The summed E-state index contributed by atoms with van der Waals surface area (Å²) in [5, 5.41) is 2.03. The number of rotatable bonds is 4. The highest BCUT2D eigenvalue weighted by Gasteiger charge is 2.26. The molecular weight excluding hydrogens is 310 g/mol. The standard InChI is InChI=1S/C17H23N3O2S/c1-12-14(18-16(22-12)15-5-4-10-23-15)11-20-8-6-13(7-9-20)17(21)19(2)3/h4-5,10,13H,6-9,11H2,1-3H3. The maximum absolute atomic E-state index is 12.0. The zero-order valence-corrected chi connectivity index (χ0v) is 14.7. The fraction of sp³-hybridized carbons (Fsp3) is 0.529. The highest BCUT2D eigenvalue weighted by atomic mass is 32.1. The first-order valence-corrected chi connectivity index (χ1v) is 8.86. The number of aromatic nitrogens is 1. The molecule has 1 aliphatic rings. The van der Waals surface area contributed by atoms with E-state index in [4.69, 9.17) is 4.42 Å². The Labute approximate surface area is 140 Å². The van der Waals surface area contributed by atoms with E-state index in [0.717, 1.165) is 48.8 Å². The topological polar surface area (TPSA) is 49.6 Å². The quantitative estimate of drug-likeness (QED) is 0.863. The SMILES string of the molecule is Cc1oc(-c2cccs2)nc1CN1CCC(C(=O)N(C)C)CC1. The minimum atomic E-state index is 0.168. The van der Waals surface area contributed by atoms with Crippen molar-refractivity contribution in [3.63, 3.8) is 0 Å². The van der Waals surface area contributed by atoms with Gasteiger partial charge in [-0.15, -0.1) is 11.3 Å². The number of likely N-dealkylation sites (tertiary alicyclic amines) is 1. The van der Waals surface area contributed by atoms with Gasteiger partial charge in [-0.3, -0.25) is 9.69 Å². The van der Waals surface area contributed by atoms with Gasteiger partial charge in [0.15, 0.2) is 0 Å². The lowest BCUT2D eigenvalue weighted by Crippen LogP contribution is -2.39. The summed E-state index contributed by atoms with van der Waals surface area (Å²) in [6, 6.07) is 4.03. The fourth-order valence-corrected chi connectivity index (χ4v) is 3.64. The molecule has 0 unspecified atom stereocenters. The van der Waals surface area contributed by atoms with E-state index in [1.165, 1.54) is 0 Å². The van der Waals surface area contributed by atoms with Crippen LogP contribution in [0.25, 0.3) is 10.8 Å². The van der Waals surface area contributed by atoms with Crippen molar-refractivity contribution >= 4 is 17.2 Å². The van der Waals surface area contributed by atoms with Gasteiger partial charge in [-0.2, -0.15) is 0 Å². The average Bonchev–Trinajstić information content (AvgIpc) is 3.18. The second kappa shape index (κ2) is 6.84. The number of piperidine rings is 1. The Morgan fingerprint density at radius 2 is 2.17 bits per heavy atom. The predicted molar refractivity (Wildman–Crippen MR) is 91.2 cm³/mol. The normalized spacial score (nSPS) is 16.7. The van der Waals surface area contributed by atoms with Gasteiger partial charge in [0, 0.05) is 26.6 Å². The van der Waals surface area contributed by atoms with Crippen LogP contribution in [-0.4, -0.2) is 47.9 Å². The Balaban J connectivity index is 1.60. The van der Waals surface area contributed by atoms with Gasteiger partial charge in [0.1, 0.15) is 5.76 Å². The first-order chi connectivity index (χ1) is 11.0. The molecule has 6 heteroatoms. The number of hydrogen-bond acceptors (Lipinski definition) is 5. The van der Waals surface area contributed by atoms with Gasteiger partial charge in [-0.25, -0.2) is 4.98 Å². The van der Waals surface area contributed by atoms with E-state index in [1.54, 1.807) is 16.2 Å². The monoisotopic (exact) mass is 333 g/mol. The van der Waals surface area contributed by atoms with Gasteiger partial charge in [0.2, 0.25) is 11.8 Å². The van der Waals surface area contributed by atoms with Crippen LogP contribution in [0.5, 0.6) is 0 Å². The summed E-state index contributed by atoms with van der Waals surface area (Å²) >= 11 is 1.64. The number of amides is 1. The van der Waals surface area contributed by atoms with Crippen molar-refractivity contribution in [2.24, 2.45) is 5.92 Å². The number of carbonyl (C=O) groups is 1. The van der Waals surface area contributed by atoms with Crippen LogP contribution in [0.15, 0.2) is 21.9 Å². The molecule has 0 saturated carbocycles. The first kappa shape index (κ1) is 16.2. The van der Waals surface area contributed by atoms with Crippen LogP contribution < -0.4 is 0 Å². The molecule has 5 nitrogen and oxygen atoms in total. The molecule has 2 aromatic rings. The third-order valence-corrected chi connectivity index (χ3v) is 5.23. The fourth-order valence-electron chi connectivity index (χ4n) is 3.00. The summed E-state index contributed by atoms with van der Waals surface area (Å²) < 4.78 is 5.80. The van der Waals surface area contributed by atoms with Crippen molar-refractivity contribution in [1.29, 1.82) is 0 Å². The maximum atomic E-state index is 12.0. The van der Waals surface area contributed by atoms with E-state index in [1.807, 2.05) is 38.5 Å². The number of thiophene rings is 1. The highest BCUT2D eigenvalue weighted by Crippen LogP contribution is 2.27. The zero-order chi connectivity index (χ0) is 16.4. The van der Waals surface area contributed by atoms with Crippen LogP contribution in [0.3, 0.4) is 0 Å². The molecule has 0 N–H and O–H groups in total. The molecule has 1 aliphatic heterocycles. The minimum Gasteiger partial charge on any atom is -0.440 e. The molecule has 1 amide bonds. The van der Waals surface area contributed by atoms with Crippen LogP contribution in [0.1, 0.15) is 24.3 Å². The molecule has 3 rings (SSSR count). The van der Waals surface area contributed by atoms with Crippen molar-refractivity contribution in [2.45, 2.75) is 26.3 Å². The van der Waals surface area contributed by atoms with E-state index in [0.29, 0.717) is 5.89 Å². The molecule has 0 radical (unpaired) electrons. The Morgan fingerprint density at radius 3 is 2.78 bits per heavy atom. The summed E-state index contributed by atoms with van der Waals surface area (Å²) in [5.74, 6) is 2.02. The lowest BCUT2D eigenvalue weighted by atomic mass is 9.95. The molecule has 0 atom stereocenters. The average molecular weight is 333 g/mol. The maximum Gasteiger partial charge on any atom is 0.236 e. The third kappa shape index (κ3) is 3.64. The lowest BCUT2D eigenvalue weighted by molar-refractivity contribution is -0.134. The molecule has 0 bridgehead atoms. The van der Waals surface area contributed by atoms with E-state index >= 15 is 0 Å². The summed E-state index contributed by atoms with van der Waals surface area (Å²) in [7, 11) is 3.67. The molecule has 0 spiro atoms. The highest BCUT2D eigenvalue weighted by molar-refractivity contribution is 7.13. The number of oxazole rings is 1. The van der Waals surface area contributed by atoms with Gasteiger partial charge in [0.05, 0.1) is 10.6 Å². The third-order valence-electron chi connectivity index (χ3n) is 4.38. The predicted octanol–water partition coefficient (Wildman–Crippen LogP) is 3.01. The molecule has 124 valence electrons. The summed E-state index contributed by atoms with van der Waals surface area (Å²) in [4.78, 5) is 21.8. The van der Waals surface area contributed by atoms with Crippen LogP contribution in [0.2, 0.25) is 0 Å². The molecule has 1 fully saturated rings. The number of carbonyl (C=O) groups excluding carboxylic acids is 1. The Hall–Kier alpha value is -1.66. The van der Waals surface area contributed by atoms with Gasteiger partial charge in [0.25, 0.3) is 0 Å². The summed E-state index contributed by atoms with van der Waals surface area (Å²) in [5.41, 5.74) is 1.01. The number of hydrogen-bond donors (Lipinski definition) is 0. The van der Waals surface area contributed by atoms with Crippen LogP contribution in [0, 0.1) is 12.8 Å². The Bertz CT molecular complexity index is 655. The molecule has 0 aliphatic carbocycles. The van der Waals surface area contributed by atoms with Crippen molar-refractivity contribution < 1.29 is 9.21 Å². The summed E-state index contributed by atoms with van der Waals surface area (Å²) in [6.07, 6.45) is 1.84. The Kier molecular flexibility index (Phi) is 4.82. The molecule has 23 heavy (non-hydrogen) atoms. The van der Waals surface area contributed by atoms with Crippen molar-refractivity contribution in [1.82, 2.24) is 14.8 Å². The van der Waals surface area contributed by atoms with Crippen LogP contribution in [-0.2, 0) is 11.3 Å². The van der Waals surface area contributed by atoms with Crippen molar-refractivity contribution in [2.75, 3.05) is 27.2 Å². The molecule has 1 saturated heterocycles. The Morgan fingerprint density at radius 1 is 1.43 bits per heavy atom. The second-order valence-corrected chi connectivity index (χ2v) is 7.23. The van der Waals surface area contributed by atoms with Gasteiger partial charge >= 0.3 is 0 Å². The van der Waals surface area contributed by atoms with Gasteiger partial charge in [-0.05, 0) is 44.3 Å². The number of nitrogens with zero attached hydrogens (tertiary/aromatic N) is 3. The second-order valence-electron chi connectivity index (χ2n) is 6.28. The zero-order valence-electron chi connectivity index (χ0n) is 13.9. The molecule has 2 aromatic heterocycles. The molecule has 3 heterocycles. The minimum absolute atomic E-state index is 0.168. The van der Waals surface area contributed by atoms with Crippen molar-refractivity contribution in [3.8, 4) is 10.8 Å². The lowest BCUT2D eigenvalue weighted by Gasteiger charge is -2.31. The van der Waals surface area contributed by atoms with E-state index in [9.17, 15) is 4.79 Å². The van der Waals surface area contributed by atoms with Crippen molar-refractivity contribution in [3.05, 3.63) is 29.0 Å². The molecule has 0 aromatic carbocycles. The van der Waals surface area contributed by atoms with E-state index < -0.39 is 0 Å². The van der Waals surface area contributed by atoms with Crippen LogP contribution in [0.4, 0.5) is 0 Å².